The van der Waals surface area contributed by atoms with Gasteiger partial charge in [-0.1, -0.05) is 26.0 Å². The van der Waals surface area contributed by atoms with Crippen molar-refractivity contribution < 1.29 is 22.8 Å². The number of anilines is 1. The van der Waals surface area contributed by atoms with E-state index in [9.17, 15) is 18.5 Å². The van der Waals surface area contributed by atoms with E-state index < -0.39 is 14.9 Å². The zero-order valence-corrected chi connectivity index (χ0v) is 20.6. The van der Waals surface area contributed by atoms with Crippen molar-refractivity contribution in [3.63, 3.8) is 0 Å². The highest BCUT2D eigenvalue weighted by Gasteiger charge is 2.27. The third-order valence-electron chi connectivity index (χ3n) is 5.98. The standard InChI is InChI=1S/C23H32N4O6S/c1-4-26(5-2)34(30,31)20-10-11-21(22(16-20)27(28)29)24-17-23(25-12-14-33-15-13-25)18-6-8-19(32-3)9-7-18/h6-11,16,23-24H,4-5,12-15,17H2,1-3H3. The van der Waals surface area contributed by atoms with Gasteiger partial charge in [0.15, 0.2) is 0 Å². The number of sulfonamides is 1. The number of hydrogen-bond donors (Lipinski definition) is 1. The molecular weight excluding hydrogens is 460 g/mol. The Morgan fingerprint density at radius 1 is 1.15 bits per heavy atom. The lowest BCUT2D eigenvalue weighted by Gasteiger charge is -2.35. The van der Waals surface area contributed by atoms with Gasteiger partial charge in [0.25, 0.3) is 5.69 Å². The molecule has 1 atom stereocenters. The number of nitrogens with one attached hydrogen (secondary N) is 1. The highest BCUT2D eigenvalue weighted by atomic mass is 32.2. The van der Waals surface area contributed by atoms with Crippen molar-refractivity contribution in [3.8, 4) is 5.75 Å². The topological polar surface area (TPSA) is 114 Å². The number of hydrogen-bond acceptors (Lipinski definition) is 8. The van der Waals surface area contributed by atoms with Gasteiger partial charge in [0, 0.05) is 38.8 Å². The number of nitro benzene ring substituents is 1. The van der Waals surface area contributed by atoms with E-state index in [1.165, 1.54) is 16.4 Å². The number of nitro groups is 1. The Bertz CT molecular complexity index is 1070. The van der Waals surface area contributed by atoms with Crippen LogP contribution in [0.5, 0.6) is 5.75 Å². The number of nitrogens with zero attached hydrogens (tertiary/aromatic N) is 3. The summed E-state index contributed by atoms with van der Waals surface area (Å²) in [6, 6.07) is 11.7. The van der Waals surface area contributed by atoms with Crippen LogP contribution in [0.15, 0.2) is 47.4 Å². The molecule has 186 valence electrons. The van der Waals surface area contributed by atoms with Crippen LogP contribution in [0.1, 0.15) is 25.5 Å². The molecule has 1 unspecified atom stereocenters. The summed E-state index contributed by atoms with van der Waals surface area (Å²) >= 11 is 0. The molecule has 0 radical (unpaired) electrons. The van der Waals surface area contributed by atoms with Crippen LogP contribution in [0.2, 0.25) is 0 Å². The predicted octanol–water partition coefficient (Wildman–Crippen LogP) is 3.12. The zero-order chi connectivity index (χ0) is 24.7. The summed E-state index contributed by atoms with van der Waals surface area (Å²) in [4.78, 5) is 13.4. The Hall–Kier alpha value is -2.73. The van der Waals surface area contributed by atoms with Gasteiger partial charge in [-0.3, -0.25) is 15.0 Å². The molecule has 1 N–H and O–H groups in total. The Kier molecular flexibility index (Phi) is 8.84. The van der Waals surface area contributed by atoms with Gasteiger partial charge in [0.1, 0.15) is 11.4 Å². The molecule has 34 heavy (non-hydrogen) atoms. The Morgan fingerprint density at radius 2 is 1.79 bits per heavy atom. The van der Waals surface area contributed by atoms with Crippen LogP contribution in [0.25, 0.3) is 0 Å². The molecule has 11 heteroatoms. The highest BCUT2D eigenvalue weighted by Crippen LogP contribution is 2.31. The van der Waals surface area contributed by atoms with Crippen LogP contribution in [0.4, 0.5) is 11.4 Å². The molecule has 2 aromatic rings. The van der Waals surface area contributed by atoms with Crippen molar-refractivity contribution in [1.29, 1.82) is 0 Å². The lowest BCUT2D eigenvalue weighted by molar-refractivity contribution is -0.384. The van der Waals surface area contributed by atoms with Crippen molar-refractivity contribution in [1.82, 2.24) is 9.21 Å². The molecule has 1 saturated heterocycles. The van der Waals surface area contributed by atoms with Crippen LogP contribution < -0.4 is 10.1 Å². The van der Waals surface area contributed by atoms with E-state index in [0.717, 1.165) is 30.5 Å². The van der Waals surface area contributed by atoms with Gasteiger partial charge in [-0.25, -0.2) is 8.42 Å². The molecule has 0 aromatic heterocycles. The van der Waals surface area contributed by atoms with Gasteiger partial charge in [-0.2, -0.15) is 4.31 Å². The van der Waals surface area contributed by atoms with Gasteiger partial charge in [0.2, 0.25) is 10.0 Å². The molecule has 1 fully saturated rings. The number of rotatable bonds is 11. The summed E-state index contributed by atoms with van der Waals surface area (Å²) in [5.74, 6) is 0.748. The average molecular weight is 493 g/mol. The lowest BCUT2D eigenvalue weighted by Crippen LogP contribution is -2.41. The molecule has 0 saturated carbocycles. The van der Waals surface area contributed by atoms with Crippen molar-refractivity contribution in [2.24, 2.45) is 0 Å². The van der Waals surface area contributed by atoms with Gasteiger partial charge in [-0.15, -0.1) is 0 Å². The molecule has 2 aromatic carbocycles. The van der Waals surface area contributed by atoms with Crippen molar-refractivity contribution in [2.75, 3.05) is 58.4 Å². The minimum absolute atomic E-state index is 0.0616. The van der Waals surface area contributed by atoms with Crippen molar-refractivity contribution in [2.45, 2.75) is 24.8 Å². The first-order valence-electron chi connectivity index (χ1n) is 11.3. The van der Waals surface area contributed by atoms with Crippen LogP contribution in [0.3, 0.4) is 0 Å². The van der Waals surface area contributed by atoms with Crippen molar-refractivity contribution >= 4 is 21.4 Å². The maximum atomic E-state index is 12.8. The van der Waals surface area contributed by atoms with Crippen LogP contribution >= 0.6 is 0 Å². The van der Waals surface area contributed by atoms with E-state index in [2.05, 4.69) is 10.2 Å². The maximum absolute atomic E-state index is 12.8. The Labute approximate surface area is 200 Å². The second-order valence-corrected chi connectivity index (χ2v) is 9.78. The fourth-order valence-corrected chi connectivity index (χ4v) is 5.54. The number of morpholine rings is 1. The second-order valence-electron chi connectivity index (χ2n) is 7.84. The smallest absolute Gasteiger partial charge is 0.293 e. The van der Waals surface area contributed by atoms with Crippen LogP contribution in [0, 0.1) is 10.1 Å². The first kappa shape index (κ1) is 25.9. The summed E-state index contributed by atoms with van der Waals surface area (Å²) < 4.78 is 37.7. The molecule has 1 aliphatic rings. The average Bonchev–Trinajstić information content (AvgIpc) is 2.85. The lowest BCUT2D eigenvalue weighted by atomic mass is 10.0. The van der Waals surface area contributed by atoms with E-state index in [0.29, 0.717) is 19.8 Å². The third-order valence-corrected chi connectivity index (χ3v) is 8.03. The summed E-state index contributed by atoms with van der Waals surface area (Å²) in [5, 5.41) is 15.0. The van der Waals surface area contributed by atoms with Crippen molar-refractivity contribution in [3.05, 3.63) is 58.1 Å². The molecule has 0 bridgehead atoms. The number of ether oxygens (including phenoxy) is 2. The Balaban J connectivity index is 1.88. The summed E-state index contributed by atoms with van der Waals surface area (Å²) in [6.45, 7) is 7.14. The molecule has 0 amide bonds. The van der Waals surface area contributed by atoms with Gasteiger partial charge in [-0.05, 0) is 29.8 Å². The molecule has 0 spiro atoms. The van der Waals surface area contributed by atoms with Crippen LogP contribution in [-0.2, 0) is 14.8 Å². The first-order valence-corrected chi connectivity index (χ1v) is 12.7. The largest absolute Gasteiger partial charge is 0.497 e. The fourth-order valence-electron chi connectivity index (χ4n) is 4.06. The SMILES string of the molecule is CCN(CC)S(=O)(=O)c1ccc(NCC(c2ccc(OC)cc2)N2CCOCC2)c([N+](=O)[O-])c1. The van der Waals surface area contributed by atoms with E-state index in [4.69, 9.17) is 9.47 Å². The molecule has 0 aliphatic carbocycles. The van der Waals surface area contributed by atoms with Crippen LogP contribution in [-0.4, -0.2) is 75.6 Å². The molecule has 3 rings (SSSR count). The van der Waals surface area contributed by atoms with Gasteiger partial charge >= 0.3 is 0 Å². The second kappa shape index (κ2) is 11.6. The maximum Gasteiger partial charge on any atom is 0.293 e. The molecule has 1 heterocycles. The Morgan fingerprint density at radius 3 is 2.35 bits per heavy atom. The first-order chi connectivity index (χ1) is 16.3. The summed E-state index contributed by atoms with van der Waals surface area (Å²) in [6.07, 6.45) is 0. The molecule has 10 nitrogen and oxygen atoms in total. The quantitative estimate of drug-likeness (QED) is 0.376. The normalized spacial score (nSPS) is 15.8. The van der Waals surface area contributed by atoms with E-state index in [1.807, 2.05) is 24.3 Å². The van der Waals surface area contributed by atoms with Gasteiger partial charge in [0.05, 0.1) is 36.2 Å². The molecular formula is C23H32N4O6S. The van der Waals surface area contributed by atoms with E-state index in [1.54, 1.807) is 21.0 Å². The van der Waals surface area contributed by atoms with Gasteiger partial charge < -0.3 is 14.8 Å². The fraction of sp³-hybridized carbons (Fsp3) is 0.478. The van der Waals surface area contributed by atoms with E-state index in [-0.39, 0.29) is 35.4 Å². The number of benzene rings is 2. The number of methoxy groups -OCH3 is 1. The summed E-state index contributed by atoms with van der Waals surface area (Å²) in [7, 11) is -2.19. The predicted molar refractivity (Wildman–Crippen MR) is 130 cm³/mol. The third kappa shape index (κ3) is 5.84. The zero-order valence-electron chi connectivity index (χ0n) is 19.8. The minimum atomic E-state index is -3.80. The minimum Gasteiger partial charge on any atom is -0.497 e. The van der Waals surface area contributed by atoms with E-state index >= 15 is 0 Å². The summed E-state index contributed by atoms with van der Waals surface area (Å²) in [5.41, 5.74) is 1.04. The highest BCUT2D eigenvalue weighted by molar-refractivity contribution is 7.89. The monoisotopic (exact) mass is 492 g/mol. The molecule has 1 aliphatic heterocycles.